The second kappa shape index (κ2) is 11.6. The number of esters is 1. The molecule has 2 N–H and O–H groups in total. The molecule has 0 saturated carbocycles. The molecule has 5 rings (SSSR count). The smallest absolute Gasteiger partial charge is 0.303 e. The van der Waals surface area contributed by atoms with Gasteiger partial charge in [0, 0.05) is 18.4 Å². The molecule has 192 valence electrons. The van der Waals surface area contributed by atoms with E-state index in [0.29, 0.717) is 32.9 Å². The first kappa shape index (κ1) is 25.7. The number of fused-ring (bicyclic) bond motifs is 1. The van der Waals surface area contributed by atoms with Crippen LogP contribution < -0.4 is 0 Å². The molecule has 2 aromatic carbocycles. The molecule has 0 amide bonds. The number of benzene rings is 2. The molecular formula is C26H26N4O5S2. The highest BCUT2D eigenvalue weighted by Gasteiger charge is 2.48. The summed E-state index contributed by atoms with van der Waals surface area (Å²) in [7, 11) is 0. The van der Waals surface area contributed by atoms with Crippen molar-refractivity contribution >= 4 is 40.7 Å². The van der Waals surface area contributed by atoms with Crippen LogP contribution in [0.2, 0.25) is 0 Å². The van der Waals surface area contributed by atoms with Crippen molar-refractivity contribution < 1.29 is 24.5 Å². The summed E-state index contributed by atoms with van der Waals surface area (Å²) in [6.07, 6.45) is -2.64. The maximum absolute atomic E-state index is 11.9. The largest absolute Gasteiger partial charge is 0.455 e. The maximum atomic E-state index is 11.9. The molecule has 0 aliphatic carbocycles. The summed E-state index contributed by atoms with van der Waals surface area (Å²) in [6.45, 7) is 0.843. The van der Waals surface area contributed by atoms with Crippen molar-refractivity contribution in [2.24, 2.45) is 0 Å². The zero-order valence-corrected chi connectivity index (χ0v) is 21.6. The summed E-state index contributed by atoms with van der Waals surface area (Å²) in [5.41, 5.74) is 3.34. The highest BCUT2D eigenvalue weighted by atomic mass is 32.2. The summed E-state index contributed by atoms with van der Waals surface area (Å²) < 4.78 is 13.2. The van der Waals surface area contributed by atoms with E-state index >= 15 is 0 Å². The number of imidazole rings is 1. The Morgan fingerprint density at radius 1 is 1.03 bits per heavy atom. The quantitative estimate of drug-likeness (QED) is 0.186. The molecule has 0 unspecified atom stereocenters. The van der Waals surface area contributed by atoms with Crippen LogP contribution in [0.3, 0.4) is 0 Å². The lowest BCUT2D eigenvalue weighted by Gasteiger charge is -2.22. The Morgan fingerprint density at radius 2 is 1.68 bits per heavy atom. The molecule has 1 aliphatic rings. The maximum Gasteiger partial charge on any atom is 0.303 e. The zero-order valence-electron chi connectivity index (χ0n) is 20.0. The average Bonchev–Trinajstić information content (AvgIpc) is 3.44. The minimum absolute atomic E-state index is 0.429. The van der Waals surface area contributed by atoms with Crippen LogP contribution in [0.15, 0.2) is 77.2 Å². The Hall–Kier alpha value is -2.96. The molecular weight excluding hydrogens is 512 g/mol. The van der Waals surface area contributed by atoms with Gasteiger partial charge in [-0.05, 0) is 11.1 Å². The number of hydrogen-bond donors (Lipinski definition) is 2. The number of aliphatic hydroxyl groups excluding tert-OH is 2. The van der Waals surface area contributed by atoms with Gasteiger partial charge >= 0.3 is 5.97 Å². The second-order valence-electron chi connectivity index (χ2n) is 8.48. The van der Waals surface area contributed by atoms with Crippen molar-refractivity contribution in [3.8, 4) is 0 Å². The summed E-state index contributed by atoms with van der Waals surface area (Å²) in [5, 5.41) is 21.8. The Bertz CT molecular complexity index is 1360. The van der Waals surface area contributed by atoms with Gasteiger partial charge in [0.2, 0.25) is 0 Å². The zero-order chi connectivity index (χ0) is 25.8. The number of rotatable bonds is 9. The van der Waals surface area contributed by atoms with Crippen LogP contribution in [0.1, 0.15) is 24.3 Å². The Kier molecular flexibility index (Phi) is 8.06. The van der Waals surface area contributed by atoms with Crippen LogP contribution in [0.4, 0.5) is 0 Å². The third kappa shape index (κ3) is 5.65. The third-order valence-corrected chi connectivity index (χ3v) is 7.96. The van der Waals surface area contributed by atoms with E-state index in [-0.39, 0.29) is 0 Å². The Morgan fingerprint density at radius 3 is 2.30 bits per heavy atom. The number of thioether (sulfide) groups is 2. The van der Waals surface area contributed by atoms with Crippen LogP contribution in [-0.4, -0.2) is 60.6 Å². The number of carbonyl (C=O) groups is 1. The van der Waals surface area contributed by atoms with Crippen LogP contribution in [0, 0.1) is 0 Å². The normalized spacial score (nSPS) is 21.4. The summed E-state index contributed by atoms with van der Waals surface area (Å²) >= 11 is 3.02. The van der Waals surface area contributed by atoms with Gasteiger partial charge in [0.05, 0.1) is 6.61 Å². The van der Waals surface area contributed by atoms with Crippen molar-refractivity contribution in [2.45, 2.75) is 53.2 Å². The highest BCUT2D eigenvalue weighted by molar-refractivity contribution is 7.98. The molecule has 1 fully saturated rings. The van der Waals surface area contributed by atoms with Gasteiger partial charge in [-0.3, -0.25) is 9.36 Å². The number of aliphatic hydroxyl groups is 2. The van der Waals surface area contributed by atoms with Crippen LogP contribution >= 0.6 is 23.5 Å². The molecule has 0 bridgehead atoms. The predicted molar refractivity (Wildman–Crippen MR) is 140 cm³/mol. The number of aromatic nitrogens is 4. The number of hydrogen-bond acceptors (Lipinski definition) is 10. The molecule has 9 nitrogen and oxygen atoms in total. The molecule has 11 heteroatoms. The van der Waals surface area contributed by atoms with E-state index in [1.165, 1.54) is 25.0 Å². The predicted octanol–water partition coefficient (Wildman–Crippen LogP) is 3.59. The molecule has 1 aliphatic heterocycles. The van der Waals surface area contributed by atoms with E-state index in [2.05, 4.69) is 22.1 Å². The fourth-order valence-corrected chi connectivity index (χ4v) is 6.01. The van der Waals surface area contributed by atoms with Gasteiger partial charge in [-0.1, -0.05) is 84.2 Å². The van der Waals surface area contributed by atoms with E-state index in [0.717, 1.165) is 11.1 Å². The second-order valence-corrected chi connectivity index (χ2v) is 10.4. The monoisotopic (exact) mass is 538 g/mol. The van der Waals surface area contributed by atoms with Crippen molar-refractivity contribution in [2.75, 3.05) is 6.61 Å². The standard InChI is InChI=1S/C26H26N4O5S2/c1-16(32)34-22-21(33)19(12-31)35-25(22)30-23-20(29-26(30)37-14-18-10-6-3-7-11-18)24(28-15-27-23)36-13-17-8-4-2-5-9-17/h2-11,15,19,21-22,25,31,33H,12-14H2,1H3/t19-,21-,22-,25-/m1/s1. The minimum Gasteiger partial charge on any atom is -0.455 e. The Balaban J connectivity index is 1.55. The van der Waals surface area contributed by atoms with Gasteiger partial charge in [0.15, 0.2) is 23.1 Å². The Labute approximate surface area is 222 Å². The van der Waals surface area contributed by atoms with Gasteiger partial charge < -0.3 is 19.7 Å². The average molecular weight is 539 g/mol. The molecule has 37 heavy (non-hydrogen) atoms. The number of carbonyl (C=O) groups excluding carboxylic acids is 1. The number of nitrogens with zero attached hydrogens (tertiary/aromatic N) is 4. The van der Waals surface area contributed by atoms with E-state index in [1.807, 2.05) is 48.5 Å². The van der Waals surface area contributed by atoms with Gasteiger partial charge in [0.25, 0.3) is 0 Å². The molecule has 1 saturated heterocycles. The fraction of sp³-hybridized carbons (Fsp3) is 0.308. The first-order valence-corrected chi connectivity index (χ1v) is 13.7. The highest BCUT2D eigenvalue weighted by Crippen LogP contribution is 2.39. The molecule has 0 radical (unpaired) electrons. The van der Waals surface area contributed by atoms with Crippen LogP contribution in [0.25, 0.3) is 11.2 Å². The molecule has 2 aromatic heterocycles. The molecule has 3 heterocycles. The first-order chi connectivity index (χ1) is 18.0. The minimum atomic E-state index is -1.21. The SMILES string of the molecule is CC(=O)O[C@@H]1[C@H](O)[C@@H](CO)O[C@H]1n1c(SCc2ccccc2)nc2c(SCc3ccccc3)ncnc21. The van der Waals surface area contributed by atoms with Gasteiger partial charge in [-0.15, -0.1) is 0 Å². The molecule has 4 atom stereocenters. The lowest BCUT2D eigenvalue weighted by molar-refractivity contribution is -0.156. The number of ether oxygens (including phenoxy) is 2. The third-order valence-electron chi connectivity index (χ3n) is 5.89. The van der Waals surface area contributed by atoms with Crippen molar-refractivity contribution in [3.05, 3.63) is 78.1 Å². The van der Waals surface area contributed by atoms with E-state index < -0.39 is 37.1 Å². The molecule has 0 spiro atoms. The lowest BCUT2D eigenvalue weighted by atomic mass is 10.1. The van der Waals surface area contributed by atoms with Crippen molar-refractivity contribution in [3.63, 3.8) is 0 Å². The van der Waals surface area contributed by atoms with E-state index in [4.69, 9.17) is 14.5 Å². The van der Waals surface area contributed by atoms with Crippen LogP contribution in [-0.2, 0) is 25.8 Å². The van der Waals surface area contributed by atoms with Gasteiger partial charge in [0.1, 0.15) is 29.1 Å². The lowest BCUT2D eigenvalue weighted by Crippen LogP contribution is -2.36. The van der Waals surface area contributed by atoms with E-state index in [9.17, 15) is 15.0 Å². The topological polar surface area (TPSA) is 120 Å². The van der Waals surface area contributed by atoms with Gasteiger partial charge in [-0.25, -0.2) is 15.0 Å². The summed E-state index contributed by atoms with van der Waals surface area (Å²) in [6, 6.07) is 20.0. The summed E-state index contributed by atoms with van der Waals surface area (Å²) in [5.74, 6) is 0.766. The molecule has 4 aromatic rings. The van der Waals surface area contributed by atoms with Crippen molar-refractivity contribution in [1.82, 2.24) is 19.5 Å². The first-order valence-electron chi connectivity index (χ1n) is 11.7. The van der Waals surface area contributed by atoms with Crippen LogP contribution in [0.5, 0.6) is 0 Å². The van der Waals surface area contributed by atoms with Gasteiger partial charge in [-0.2, -0.15) is 0 Å². The fourth-order valence-electron chi connectivity index (χ4n) is 4.15. The van der Waals surface area contributed by atoms with Crippen molar-refractivity contribution in [1.29, 1.82) is 0 Å². The van der Waals surface area contributed by atoms with E-state index in [1.54, 1.807) is 16.3 Å². The summed E-state index contributed by atoms with van der Waals surface area (Å²) in [4.78, 5) is 25.8.